The summed E-state index contributed by atoms with van der Waals surface area (Å²) in [4.78, 5) is 12.6. The van der Waals surface area contributed by atoms with Gasteiger partial charge in [-0.3, -0.25) is 9.10 Å². The van der Waals surface area contributed by atoms with Crippen LogP contribution in [0.1, 0.15) is 12.5 Å². The quantitative estimate of drug-likeness (QED) is 0.616. The number of amides is 1. The van der Waals surface area contributed by atoms with Crippen LogP contribution in [0.15, 0.2) is 66.7 Å². The minimum Gasteiger partial charge on any atom is -0.492 e. The third kappa shape index (κ3) is 5.06. The van der Waals surface area contributed by atoms with E-state index in [4.69, 9.17) is 4.74 Å². The molecule has 0 saturated carbocycles. The highest BCUT2D eigenvalue weighted by Crippen LogP contribution is 2.29. The lowest BCUT2D eigenvalue weighted by atomic mass is 10.0. The van der Waals surface area contributed by atoms with Gasteiger partial charge in [-0.15, -0.1) is 0 Å². The monoisotopic (exact) mass is 412 g/mol. The van der Waals surface area contributed by atoms with E-state index >= 15 is 0 Å². The Bertz CT molecular complexity index is 1110. The number of nitrogens with one attached hydrogen (secondary N) is 1. The second-order valence-corrected chi connectivity index (χ2v) is 8.49. The summed E-state index contributed by atoms with van der Waals surface area (Å²) in [6.07, 6.45) is 1.08. The van der Waals surface area contributed by atoms with Gasteiger partial charge in [0.15, 0.2) is 0 Å². The van der Waals surface area contributed by atoms with Gasteiger partial charge in [-0.1, -0.05) is 54.6 Å². The van der Waals surface area contributed by atoms with Crippen molar-refractivity contribution in [2.45, 2.75) is 13.5 Å². The third-order valence-corrected chi connectivity index (χ3v) is 5.60. The van der Waals surface area contributed by atoms with Crippen molar-refractivity contribution in [1.29, 1.82) is 0 Å². The van der Waals surface area contributed by atoms with Gasteiger partial charge in [-0.05, 0) is 35.4 Å². The van der Waals surface area contributed by atoms with Crippen molar-refractivity contribution < 1.29 is 17.9 Å². The van der Waals surface area contributed by atoms with E-state index in [1.807, 2.05) is 49.4 Å². The van der Waals surface area contributed by atoms with Crippen LogP contribution in [0.2, 0.25) is 0 Å². The van der Waals surface area contributed by atoms with Crippen molar-refractivity contribution in [3.05, 3.63) is 72.3 Å². The molecule has 0 heterocycles. The van der Waals surface area contributed by atoms with Crippen molar-refractivity contribution in [3.63, 3.8) is 0 Å². The van der Waals surface area contributed by atoms with Gasteiger partial charge in [-0.25, -0.2) is 8.42 Å². The zero-order valence-corrected chi connectivity index (χ0v) is 17.3. The Balaban J connectivity index is 1.78. The molecule has 0 atom stereocenters. The van der Waals surface area contributed by atoms with Gasteiger partial charge in [-0.2, -0.15) is 0 Å². The lowest BCUT2D eigenvalue weighted by Crippen LogP contribution is -2.40. The molecule has 6 nitrogen and oxygen atoms in total. The Morgan fingerprint density at radius 2 is 1.69 bits per heavy atom. The number of anilines is 1. The molecule has 0 unspecified atom stereocenters. The fourth-order valence-electron chi connectivity index (χ4n) is 3.15. The summed E-state index contributed by atoms with van der Waals surface area (Å²) < 4.78 is 31.3. The minimum absolute atomic E-state index is 0.310. The smallest absolute Gasteiger partial charge is 0.241 e. The first-order valence-electron chi connectivity index (χ1n) is 9.33. The predicted octanol–water partition coefficient (Wildman–Crippen LogP) is 3.32. The zero-order valence-electron chi connectivity index (χ0n) is 16.5. The molecule has 1 N–H and O–H groups in total. The van der Waals surface area contributed by atoms with Crippen LogP contribution in [0.5, 0.6) is 5.75 Å². The average Bonchev–Trinajstić information content (AvgIpc) is 2.70. The molecule has 0 aliphatic heterocycles. The summed E-state index contributed by atoms with van der Waals surface area (Å²) in [5.74, 6) is 0.0249. The molecular weight excluding hydrogens is 388 g/mol. The topological polar surface area (TPSA) is 75.7 Å². The summed E-state index contributed by atoms with van der Waals surface area (Å²) in [6.45, 7) is 2.19. The van der Waals surface area contributed by atoms with E-state index in [1.54, 1.807) is 24.3 Å². The summed E-state index contributed by atoms with van der Waals surface area (Å²) in [7, 11) is -3.68. The molecule has 0 fully saturated rings. The van der Waals surface area contributed by atoms with Crippen LogP contribution in [0.4, 0.5) is 5.69 Å². The maximum atomic E-state index is 12.6. The predicted molar refractivity (Wildman–Crippen MR) is 116 cm³/mol. The van der Waals surface area contributed by atoms with Crippen LogP contribution in [0.3, 0.4) is 0 Å². The van der Waals surface area contributed by atoms with Gasteiger partial charge in [0.2, 0.25) is 15.9 Å². The van der Waals surface area contributed by atoms with Crippen LogP contribution in [0.25, 0.3) is 10.8 Å². The molecule has 0 bridgehead atoms. The van der Waals surface area contributed by atoms with E-state index in [9.17, 15) is 13.2 Å². The van der Waals surface area contributed by atoms with Gasteiger partial charge in [0.25, 0.3) is 0 Å². The van der Waals surface area contributed by atoms with Gasteiger partial charge < -0.3 is 10.1 Å². The van der Waals surface area contributed by atoms with Gasteiger partial charge in [0.1, 0.15) is 12.3 Å². The SMILES string of the molecule is CCOc1ccccc1N(CC(=O)NCc1cccc2ccccc12)S(C)(=O)=O. The maximum absolute atomic E-state index is 12.6. The maximum Gasteiger partial charge on any atom is 0.241 e. The third-order valence-electron chi connectivity index (χ3n) is 4.48. The first-order chi connectivity index (χ1) is 13.9. The van der Waals surface area contributed by atoms with Gasteiger partial charge >= 0.3 is 0 Å². The molecule has 1 amide bonds. The van der Waals surface area contributed by atoms with Crippen molar-refractivity contribution in [3.8, 4) is 5.75 Å². The lowest BCUT2D eigenvalue weighted by molar-refractivity contribution is -0.119. The standard InChI is InChI=1S/C22H24N2O4S/c1-3-28-21-14-7-6-13-20(21)24(29(2,26)27)16-22(25)23-15-18-11-8-10-17-9-4-5-12-19(17)18/h4-14H,3,15-16H2,1-2H3,(H,23,25). The van der Waals surface area contributed by atoms with Gasteiger partial charge in [0.05, 0.1) is 18.6 Å². The van der Waals surface area contributed by atoms with E-state index in [0.717, 1.165) is 26.9 Å². The summed E-state index contributed by atoms with van der Waals surface area (Å²) in [5.41, 5.74) is 1.31. The summed E-state index contributed by atoms with van der Waals surface area (Å²) >= 11 is 0. The molecule has 0 radical (unpaired) electrons. The van der Waals surface area contributed by atoms with E-state index in [2.05, 4.69) is 5.32 Å². The largest absolute Gasteiger partial charge is 0.492 e. The number of rotatable bonds is 8. The summed E-state index contributed by atoms with van der Waals surface area (Å²) in [6, 6.07) is 20.6. The number of hydrogen-bond acceptors (Lipinski definition) is 4. The minimum atomic E-state index is -3.68. The van der Waals surface area contributed by atoms with Crippen LogP contribution in [0, 0.1) is 0 Å². The van der Waals surface area contributed by atoms with Crippen molar-refractivity contribution in [1.82, 2.24) is 5.32 Å². The highest BCUT2D eigenvalue weighted by molar-refractivity contribution is 7.92. The molecule has 7 heteroatoms. The molecular formula is C22H24N2O4S. The normalized spacial score (nSPS) is 11.2. The van der Waals surface area contributed by atoms with Crippen LogP contribution in [-0.2, 0) is 21.4 Å². The lowest BCUT2D eigenvalue weighted by Gasteiger charge is -2.24. The molecule has 3 aromatic carbocycles. The molecule has 0 aliphatic carbocycles. The van der Waals surface area contributed by atoms with E-state index in [-0.39, 0.29) is 6.54 Å². The van der Waals surface area contributed by atoms with E-state index in [1.165, 1.54) is 0 Å². The number of carbonyl (C=O) groups is 1. The van der Waals surface area contributed by atoms with Crippen LogP contribution >= 0.6 is 0 Å². The van der Waals surface area contributed by atoms with Crippen molar-refractivity contribution >= 4 is 32.4 Å². The summed E-state index contributed by atoms with van der Waals surface area (Å²) in [5, 5.41) is 4.97. The zero-order chi connectivity index (χ0) is 20.9. The highest BCUT2D eigenvalue weighted by Gasteiger charge is 2.23. The second-order valence-electron chi connectivity index (χ2n) is 6.59. The molecule has 152 valence electrons. The molecule has 0 aliphatic rings. The average molecular weight is 413 g/mol. The first-order valence-corrected chi connectivity index (χ1v) is 11.2. The van der Waals surface area contributed by atoms with Crippen LogP contribution in [-0.4, -0.2) is 33.7 Å². The number of sulfonamides is 1. The number of carbonyl (C=O) groups excluding carboxylic acids is 1. The fraction of sp³-hybridized carbons (Fsp3) is 0.227. The molecule has 3 aromatic rings. The molecule has 29 heavy (non-hydrogen) atoms. The van der Waals surface area contributed by atoms with Gasteiger partial charge in [0, 0.05) is 6.54 Å². The van der Waals surface area contributed by atoms with Crippen molar-refractivity contribution in [2.24, 2.45) is 0 Å². The Kier molecular flexibility index (Phi) is 6.39. The number of fused-ring (bicyclic) bond motifs is 1. The number of ether oxygens (including phenoxy) is 1. The van der Waals surface area contributed by atoms with E-state index in [0.29, 0.717) is 24.6 Å². The molecule has 0 aromatic heterocycles. The Morgan fingerprint density at radius 1 is 1.00 bits per heavy atom. The molecule has 3 rings (SSSR count). The number of para-hydroxylation sites is 2. The Labute approximate surface area is 171 Å². The number of benzene rings is 3. The number of nitrogens with zero attached hydrogens (tertiary/aromatic N) is 1. The van der Waals surface area contributed by atoms with Crippen LogP contribution < -0.4 is 14.4 Å². The fourth-order valence-corrected chi connectivity index (χ4v) is 4.01. The Hall–Kier alpha value is -3.06. The molecule has 0 spiro atoms. The second kappa shape index (κ2) is 8.96. The van der Waals surface area contributed by atoms with Crippen molar-refractivity contribution in [2.75, 3.05) is 23.7 Å². The number of hydrogen-bond donors (Lipinski definition) is 1. The highest BCUT2D eigenvalue weighted by atomic mass is 32.2. The first kappa shape index (κ1) is 20.7. The Morgan fingerprint density at radius 3 is 2.45 bits per heavy atom. The van der Waals surface area contributed by atoms with E-state index < -0.39 is 15.9 Å². The molecule has 0 saturated heterocycles.